The molecule has 2 aromatic rings. The van der Waals surface area contributed by atoms with E-state index in [1.54, 1.807) is 5.01 Å². The summed E-state index contributed by atoms with van der Waals surface area (Å²) in [6.45, 7) is 8.33. The van der Waals surface area contributed by atoms with Crippen molar-refractivity contribution in [1.29, 1.82) is 0 Å². The van der Waals surface area contributed by atoms with Crippen LogP contribution in [0.15, 0.2) is 46.5 Å². The largest absolute Gasteiger partial charge is 0.298 e. The topological polar surface area (TPSA) is 57.1 Å². The van der Waals surface area contributed by atoms with Crippen LogP contribution in [0.2, 0.25) is 0 Å². The first-order chi connectivity index (χ1) is 13.0. The van der Waals surface area contributed by atoms with Crippen molar-refractivity contribution in [2.75, 3.05) is 5.75 Å². The third kappa shape index (κ3) is 3.04. The Labute approximate surface area is 162 Å². The van der Waals surface area contributed by atoms with Gasteiger partial charge >= 0.3 is 0 Å². The lowest BCUT2D eigenvalue weighted by Gasteiger charge is -2.35. The molecule has 0 aliphatic carbocycles. The second-order valence-corrected chi connectivity index (χ2v) is 8.07. The molecule has 4 rings (SSSR count). The number of carbonyl (C=O) groups is 1. The second-order valence-electron chi connectivity index (χ2n) is 6.82. The van der Waals surface area contributed by atoms with E-state index in [0.717, 1.165) is 33.0 Å². The highest BCUT2D eigenvalue weighted by Crippen LogP contribution is 2.34. The number of hydrogen-bond donors (Lipinski definition) is 1. The number of aryl methyl sites for hydroxylation is 3. The molecule has 6 heteroatoms. The molecule has 0 bridgehead atoms. The Kier molecular flexibility index (Phi) is 4.52. The normalized spacial score (nSPS) is 18.3. The van der Waals surface area contributed by atoms with Gasteiger partial charge in [0.2, 0.25) is 0 Å². The lowest BCUT2D eigenvalue weighted by atomic mass is 9.96. The number of rotatable bonds is 2. The van der Waals surface area contributed by atoms with Gasteiger partial charge < -0.3 is 0 Å². The van der Waals surface area contributed by atoms with E-state index in [9.17, 15) is 4.79 Å². The van der Waals surface area contributed by atoms with Crippen LogP contribution < -0.4 is 15.9 Å². The lowest BCUT2D eigenvalue weighted by molar-refractivity contribution is -0.116. The first kappa shape index (κ1) is 17.8. The van der Waals surface area contributed by atoms with Crippen LogP contribution in [0.4, 0.5) is 0 Å². The van der Waals surface area contributed by atoms with Crippen molar-refractivity contribution in [1.82, 2.24) is 10.3 Å². The number of thioether (sulfide) groups is 1. The predicted octanol–water partition coefficient (Wildman–Crippen LogP) is 2.51. The van der Waals surface area contributed by atoms with Gasteiger partial charge in [-0.2, -0.15) is 0 Å². The number of para-hydroxylation sites is 1. The minimum atomic E-state index is -0.353. The van der Waals surface area contributed by atoms with Crippen LogP contribution in [-0.4, -0.2) is 21.8 Å². The van der Waals surface area contributed by atoms with E-state index in [1.165, 1.54) is 17.3 Å². The van der Waals surface area contributed by atoms with E-state index in [2.05, 4.69) is 38.2 Å². The summed E-state index contributed by atoms with van der Waals surface area (Å²) in [5.41, 5.74) is 5.20. The summed E-state index contributed by atoms with van der Waals surface area (Å²) >= 11 is 1.52. The Balaban J connectivity index is 2.00. The first-order valence-electron chi connectivity index (χ1n) is 9.06. The fraction of sp³-hybridized carbons (Fsp3) is 0.286. The SMILES string of the molecule is CCSC1=NN2C(=c3ccccc3=N[C@H]2c2c(C)cc(C)cc2C)C(=O)N1. The minimum absolute atomic E-state index is 0.129. The average Bonchev–Trinajstić information content (AvgIpc) is 2.61. The Morgan fingerprint density at radius 2 is 1.85 bits per heavy atom. The molecule has 0 spiro atoms. The van der Waals surface area contributed by atoms with E-state index in [-0.39, 0.29) is 12.1 Å². The molecule has 0 saturated heterocycles. The van der Waals surface area contributed by atoms with Crippen LogP contribution in [0, 0.1) is 20.8 Å². The van der Waals surface area contributed by atoms with Gasteiger partial charge in [0.05, 0.1) is 5.36 Å². The standard InChI is InChI=1S/C21H22N4OS/c1-5-27-21-23-20(26)18-15-8-6-7-9-16(15)22-19(25(18)24-21)17-13(3)10-12(2)11-14(17)4/h6-11,19H,5H2,1-4H3,(H,23,24,26)/t19-/m1/s1. The van der Waals surface area contributed by atoms with Crippen LogP contribution in [0.1, 0.15) is 35.3 Å². The van der Waals surface area contributed by atoms with Crippen molar-refractivity contribution in [3.8, 4) is 0 Å². The van der Waals surface area contributed by atoms with E-state index >= 15 is 0 Å². The van der Waals surface area contributed by atoms with Crippen LogP contribution in [0.25, 0.3) is 5.70 Å². The lowest BCUT2D eigenvalue weighted by Crippen LogP contribution is -2.50. The van der Waals surface area contributed by atoms with Gasteiger partial charge in [0.1, 0.15) is 5.70 Å². The summed E-state index contributed by atoms with van der Waals surface area (Å²) in [4.78, 5) is 17.9. The number of nitrogens with zero attached hydrogens (tertiary/aromatic N) is 3. The molecule has 5 nitrogen and oxygen atoms in total. The quantitative estimate of drug-likeness (QED) is 0.874. The third-order valence-corrected chi connectivity index (χ3v) is 5.54. The fourth-order valence-electron chi connectivity index (χ4n) is 3.82. The Morgan fingerprint density at radius 1 is 1.15 bits per heavy atom. The molecule has 1 atom stereocenters. The number of hydrogen-bond acceptors (Lipinski definition) is 5. The number of carbonyl (C=O) groups excluding carboxylic acids is 1. The third-order valence-electron chi connectivity index (χ3n) is 4.79. The number of hydrazone groups is 1. The van der Waals surface area contributed by atoms with Gasteiger partial charge in [-0.05, 0) is 43.7 Å². The van der Waals surface area contributed by atoms with Crippen LogP contribution in [0.5, 0.6) is 0 Å². The molecule has 0 saturated carbocycles. The highest BCUT2D eigenvalue weighted by atomic mass is 32.2. The summed E-state index contributed by atoms with van der Waals surface area (Å²) in [5, 5.41) is 11.7. The maximum absolute atomic E-state index is 13.0. The Morgan fingerprint density at radius 3 is 2.56 bits per heavy atom. The second kappa shape index (κ2) is 6.85. The van der Waals surface area contributed by atoms with Crippen molar-refractivity contribution in [2.45, 2.75) is 33.9 Å². The highest BCUT2D eigenvalue weighted by Gasteiger charge is 2.35. The van der Waals surface area contributed by atoms with Crippen LogP contribution in [-0.2, 0) is 4.79 Å². The highest BCUT2D eigenvalue weighted by molar-refractivity contribution is 8.13. The van der Waals surface area contributed by atoms with Crippen LogP contribution >= 0.6 is 11.8 Å². The smallest absolute Gasteiger partial charge is 0.276 e. The van der Waals surface area contributed by atoms with Crippen molar-refractivity contribution >= 4 is 28.5 Å². The summed E-state index contributed by atoms with van der Waals surface area (Å²) in [5.74, 6) is 0.708. The van der Waals surface area contributed by atoms with E-state index < -0.39 is 0 Å². The molecule has 138 valence electrons. The zero-order valence-corrected chi connectivity index (χ0v) is 16.7. The van der Waals surface area contributed by atoms with Gasteiger partial charge in [0, 0.05) is 10.8 Å². The van der Waals surface area contributed by atoms with Gasteiger partial charge in [-0.25, -0.2) is 5.01 Å². The average molecular weight is 379 g/mol. The number of amidine groups is 1. The van der Waals surface area contributed by atoms with Gasteiger partial charge in [0.25, 0.3) is 5.91 Å². The molecule has 2 heterocycles. The van der Waals surface area contributed by atoms with Gasteiger partial charge in [-0.15, -0.1) is 5.10 Å². The fourth-order valence-corrected chi connectivity index (χ4v) is 4.40. The molecule has 2 aliphatic heterocycles. The maximum Gasteiger partial charge on any atom is 0.276 e. The summed E-state index contributed by atoms with van der Waals surface area (Å²) in [6.07, 6.45) is -0.353. The van der Waals surface area contributed by atoms with Gasteiger partial charge in [0.15, 0.2) is 11.3 Å². The summed E-state index contributed by atoms with van der Waals surface area (Å²) < 4.78 is 0. The van der Waals surface area contributed by atoms with Crippen molar-refractivity contribution < 1.29 is 4.79 Å². The van der Waals surface area contributed by atoms with Gasteiger partial charge in [-0.1, -0.05) is 54.6 Å². The van der Waals surface area contributed by atoms with Crippen molar-refractivity contribution in [3.05, 3.63) is 69.2 Å². The van der Waals surface area contributed by atoms with Crippen molar-refractivity contribution in [2.24, 2.45) is 10.1 Å². The van der Waals surface area contributed by atoms with E-state index in [0.29, 0.717) is 10.9 Å². The Hall–Kier alpha value is -2.60. The minimum Gasteiger partial charge on any atom is -0.298 e. The molecule has 2 aromatic carbocycles. The van der Waals surface area contributed by atoms with Crippen LogP contribution in [0.3, 0.4) is 0 Å². The van der Waals surface area contributed by atoms with E-state index in [4.69, 9.17) is 10.1 Å². The van der Waals surface area contributed by atoms with Crippen molar-refractivity contribution in [3.63, 3.8) is 0 Å². The predicted molar refractivity (Wildman–Crippen MR) is 110 cm³/mol. The molecule has 2 aliphatic rings. The maximum atomic E-state index is 13.0. The molecular weight excluding hydrogens is 356 g/mol. The number of benzene rings is 2. The molecule has 0 fully saturated rings. The Bertz CT molecular complexity index is 1070. The molecule has 27 heavy (non-hydrogen) atoms. The molecule has 0 unspecified atom stereocenters. The van der Waals surface area contributed by atoms with Gasteiger partial charge in [-0.3, -0.25) is 15.1 Å². The number of amides is 1. The molecule has 0 aromatic heterocycles. The molecule has 1 amide bonds. The zero-order valence-electron chi connectivity index (χ0n) is 15.9. The molecular formula is C21H22N4OS. The first-order valence-corrected chi connectivity index (χ1v) is 10.0. The summed E-state index contributed by atoms with van der Waals surface area (Å²) in [6, 6.07) is 12.1. The zero-order chi connectivity index (χ0) is 19.1. The molecule has 1 N–H and O–H groups in total. The monoisotopic (exact) mass is 378 g/mol. The number of fused-ring (bicyclic) bond motifs is 2. The van der Waals surface area contributed by atoms with E-state index in [1.807, 2.05) is 31.2 Å². The molecule has 0 radical (unpaired) electrons. The number of nitrogens with one attached hydrogen (secondary N) is 1. The summed E-state index contributed by atoms with van der Waals surface area (Å²) in [7, 11) is 0.